The van der Waals surface area contributed by atoms with E-state index < -0.39 is 11.3 Å². The van der Waals surface area contributed by atoms with Crippen LogP contribution in [0.2, 0.25) is 5.15 Å². The number of aldehydes is 1. The Labute approximate surface area is 104 Å². The molecule has 0 spiro atoms. The zero-order chi connectivity index (χ0) is 13.1. The number of nitrogens with two attached hydrogens (primary N) is 1. The van der Waals surface area contributed by atoms with E-state index in [0.717, 1.165) is 0 Å². The maximum atomic E-state index is 11.1. The van der Waals surface area contributed by atoms with Gasteiger partial charge in [0.1, 0.15) is 17.3 Å². The topological polar surface area (TPSA) is 98.0 Å². The van der Waals surface area contributed by atoms with E-state index in [-0.39, 0.29) is 23.1 Å². The molecule has 6 nitrogen and oxygen atoms in total. The Morgan fingerprint density at radius 2 is 2.24 bits per heavy atom. The van der Waals surface area contributed by atoms with Crippen LogP contribution in [0.1, 0.15) is 24.2 Å². The minimum Gasteiger partial charge on any atom is -0.369 e. The number of nitrogens with one attached hydrogen (secondary N) is 1. The maximum absolute atomic E-state index is 11.1. The number of hydrogen-bond donors (Lipinski definition) is 2. The third-order valence-corrected chi connectivity index (χ3v) is 2.62. The van der Waals surface area contributed by atoms with Crippen LogP contribution in [0.4, 0.5) is 5.82 Å². The van der Waals surface area contributed by atoms with Crippen LogP contribution in [0.5, 0.6) is 0 Å². The molecule has 17 heavy (non-hydrogen) atoms. The molecule has 0 unspecified atom stereocenters. The molecule has 1 aromatic heterocycles. The molecule has 0 aliphatic rings. The van der Waals surface area contributed by atoms with Crippen LogP contribution in [0.25, 0.3) is 0 Å². The lowest BCUT2D eigenvalue weighted by molar-refractivity contribution is -0.125. The fourth-order valence-corrected chi connectivity index (χ4v) is 1.19. The van der Waals surface area contributed by atoms with E-state index in [4.69, 9.17) is 17.3 Å². The molecule has 1 aromatic rings. The largest absolute Gasteiger partial charge is 0.369 e. The third kappa shape index (κ3) is 3.13. The third-order valence-electron chi connectivity index (χ3n) is 2.32. The molecule has 1 heterocycles. The van der Waals surface area contributed by atoms with Crippen LogP contribution < -0.4 is 11.1 Å². The Balaban J connectivity index is 2.87. The summed E-state index contributed by atoms with van der Waals surface area (Å²) in [6.45, 7) is 3.62. The summed E-state index contributed by atoms with van der Waals surface area (Å²) >= 11 is 5.73. The lowest BCUT2D eigenvalue weighted by Gasteiger charge is -2.21. The molecule has 0 bridgehead atoms. The molecule has 7 heteroatoms. The zero-order valence-electron chi connectivity index (χ0n) is 9.53. The highest BCUT2D eigenvalue weighted by Gasteiger charge is 2.25. The number of carbonyl (C=O) groups is 2. The highest BCUT2D eigenvalue weighted by molar-refractivity contribution is 6.32. The van der Waals surface area contributed by atoms with E-state index in [9.17, 15) is 9.59 Å². The Kier molecular flexibility index (Phi) is 4.01. The summed E-state index contributed by atoms with van der Waals surface area (Å²) in [6.07, 6.45) is 1.79. The van der Waals surface area contributed by atoms with E-state index in [1.54, 1.807) is 13.8 Å². The zero-order valence-corrected chi connectivity index (χ0v) is 10.3. The fraction of sp³-hybridized carbons (Fsp3) is 0.400. The van der Waals surface area contributed by atoms with Gasteiger partial charge in [-0.1, -0.05) is 11.6 Å². The van der Waals surface area contributed by atoms with Crippen LogP contribution in [0.15, 0.2) is 6.33 Å². The molecular weight excluding hydrogens is 244 g/mol. The van der Waals surface area contributed by atoms with E-state index in [2.05, 4.69) is 15.3 Å². The SMILES string of the molecule is CC(C)(CNc1ncnc(Cl)c1C=O)C(N)=O. The van der Waals surface area contributed by atoms with Gasteiger partial charge in [0.2, 0.25) is 5.91 Å². The standard InChI is InChI=1S/C10H13ClN4O2/c1-10(2,9(12)17)4-13-8-6(3-16)7(11)14-5-15-8/h3,5H,4H2,1-2H3,(H2,12,17)(H,13,14,15). The molecule has 0 fully saturated rings. The Bertz CT molecular complexity index is 448. The highest BCUT2D eigenvalue weighted by atomic mass is 35.5. The van der Waals surface area contributed by atoms with Crippen molar-refractivity contribution >= 4 is 29.6 Å². The summed E-state index contributed by atoms with van der Waals surface area (Å²) in [5.41, 5.74) is 4.64. The fourth-order valence-electron chi connectivity index (χ4n) is 1.01. The van der Waals surface area contributed by atoms with E-state index in [0.29, 0.717) is 6.29 Å². The summed E-state index contributed by atoms with van der Waals surface area (Å²) in [5, 5.41) is 2.92. The summed E-state index contributed by atoms with van der Waals surface area (Å²) < 4.78 is 0. The number of carbonyl (C=O) groups excluding carboxylic acids is 2. The minimum absolute atomic E-state index is 0.0642. The van der Waals surface area contributed by atoms with Crippen LogP contribution in [-0.4, -0.2) is 28.7 Å². The van der Waals surface area contributed by atoms with Crippen molar-refractivity contribution in [3.63, 3.8) is 0 Å². The van der Waals surface area contributed by atoms with Crippen molar-refractivity contribution in [2.75, 3.05) is 11.9 Å². The number of nitrogens with zero attached hydrogens (tertiary/aromatic N) is 2. The van der Waals surface area contributed by atoms with Gasteiger partial charge in [-0.15, -0.1) is 0 Å². The Hall–Kier alpha value is -1.69. The van der Waals surface area contributed by atoms with Crippen molar-refractivity contribution in [2.24, 2.45) is 11.1 Å². The second-order valence-corrected chi connectivity index (χ2v) is 4.50. The molecule has 3 N–H and O–H groups in total. The summed E-state index contributed by atoms with van der Waals surface area (Å²) in [6, 6.07) is 0. The van der Waals surface area contributed by atoms with Gasteiger partial charge < -0.3 is 11.1 Å². The first-order chi connectivity index (χ1) is 7.88. The average Bonchev–Trinajstić information content (AvgIpc) is 2.26. The monoisotopic (exact) mass is 256 g/mol. The molecule has 0 saturated carbocycles. The smallest absolute Gasteiger partial charge is 0.224 e. The van der Waals surface area contributed by atoms with E-state index >= 15 is 0 Å². The minimum atomic E-state index is -0.752. The number of anilines is 1. The van der Waals surface area contributed by atoms with Gasteiger partial charge in [0, 0.05) is 6.54 Å². The summed E-state index contributed by atoms with van der Waals surface area (Å²) in [5.74, 6) is -0.160. The molecule has 0 aliphatic carbocycles. The van der Waals surface area contributed by atoms with Crippen molar-refractivity contribution in [1.82, 2.24) is 9.97 Å². The first-order valence-electron chi connectivity index (χ1n) is 4.88. The molecule has 1 rings (SSSR count). The normalized spacial score (nSPS) is 11.0. The average molecular weight is 257 g/mol. The second-order valence-electron chi connectivity index (χ2n) is 4.15. The Morgan fingerprint density at radius 3 is 2.76 bits per heavy atom. The first-order valence-corrected chi connectivity index (χ1v) is 5.25. The lowest BCUT2D eigenvalue weighted by atomic mass is 9.93. The van der Waals surface area contributed by atoms with E-state index in [1.165, 1.54) is 6.33 Å². The number of aromatic nitrogens is 2. The van der Waals surface area contributed by atoms with Crippen molar-refractivity contribution in [3.8, 4) is 0 Å². The van der Waals surface area contributed by atoms with Crippen LogP contribution in [0.3, 0.4) is 0 Å². The molecular formula is C10H13ClN4O2. The van der Waals surface area contributed by atoms with Gasteiger partial charge in [0.05, 0.1) is 11.0 Å². The molecule has 92 valence electrons. The predicted molar refractivity (Wildman–Crippen MR) is 63.9 cm³/mol. The van der Waals surface area contributed by atoms with E-state index in [1.807, 2.05) is 0 Å². The lowest BCUT2D eigenvalue weighted by Crippen LogP contribution is -2.37. The number of halogens is 1. The number of hydrogen-bond acceptors (Lipinski definition) is 5. The number of amides is 1. The van der Waals surface area contributed by atoms with Gasteiger partial charge in [0.15, 0.2) is 6.29 Å². The molecule has 0 radical (unpaired) electrons. The van der Waals surface area contributed by atoms with Crippen LogP contribution in [0, 0.1) is 5.41 Å². The quantitative estimate of drug-likeness (QED) is 0.602. The molecule has 0 aliphatic heterocycles. The van der Waals surface area contributed by atoms with Gasteiger partial charge in [-0.25, -0.2) is 9.97 Å². The van der Waals surface area contributed by atoms with Gasteiger partial charge >= 0.3 is 0 Å². The molecule has 0 aromatic carbocycles. The first kappa shape index (κ1) is 13.4. The number of primary amides is 1. The van der Waals surface area contributed by atoms with Crippen LogP contribution in [-0.2, 0) is 4.79 Å². The van der Waals surface area contributed by atoms with Gasteiger partial charge in [0.25, 0.3) is 0 Å². The van der Waals surface area contributed by atoms with Gasteiger partial charge in [-0.3, -0.25) is 9.59 Å². The predicted octanol–water partition coefficient (Wildman–Crippen LogP) is 0.866. The Morgan fingerprint density at radius 1 is 1.59 bits per heavy atom. The highest BCUT2D eigenvalue weighted by Crippen LogP contribution is 2.20. The van der Waals surface area contributed by atoms with Gasteiger partial charge in [-0.2, -0.15) is 0 Å². The maximum Gasteiger partial charge on any atom is 0.224 e. The van der Waals surface area contributed by atoms with Crippen molar-refractivity contribution < 1.29 is 9.59 Å². The van der Waals surface area contributed by atoms with Gasteiger partial charge in [-0.05, 0) is 13.8 Å². The van der Waals surface area contributed by atoms with Crippen molar-refractivity contribution in [1.29, 1.82) is 0 Å². The summed E-state index contributed by atoms with van der Waals surface area (Å²) in [7, 11) is 0. The molecule has 0 saturated heterocycles. The number of rotatable bonds is 5. The van der Waals surface area contributed by atoms with Crippen molar-refractivity contribution in [2.45, 2.75) is 13.8 Å². The molecule has 0 atom stereocenters. The summed E-state index contributed by atoms with van der Waals surface area (Å²) in [4.78, 5) is 29.5. The molecule has 1 amide bonds. The second kappa shape index (κ2) is 5.09. The van der Waals surface area contributed by atoms with Crippen LogP contribution >= 0.6 is 11.6 Å². The van der Waals surface area contributed by atoms with Crippen molar-refractivity contribution in [3.05, 3.63) is 17.0 Å².